The van der Waals surface area contributed by atoms with Gasteiger partial charge in [-0.1, -0.05) is 32.6 Å². The average molecular weight is 272 g/mol. The molecule has 0 fully saturated rings. The van der Waals surface area contributed by atoms with Crippen molar-refractivity contribution in [3.05, 3.63) is 11.6 Å². The first-order valence-electron chi connectivity index (χ1n) is 7.63. The molecule has 0 aliphatic heterocycles. The van der Waals surface area contributed by atoms with Crippen LogP contribution < -0.4 is 5.32 Å². The molecule has 19 heavy (non-hydrogen) atoms. The zero-order valence-corrected chi connectivity index (χ0v) is 12.3. The van der Waals surface area contributed by atoms with Crippen LogP contribution >= 0.6 is 0 Å². The van der Waals surface area contributed by atoms with Crippen molar-refractivity contribution >= 4 is 0 Å². The number of hydrogen-bond acceptors (Lipinski definition) is 3. The van der Waals surface area contributed by atoms with Crippen LogP contribution in [0.4, 0.5) is 0 Å². The first-order valence-corrected chi connectivity index (χ1v) is 7.63. The first-order chi connectivity index (χ1) is 9.07. The highest BCUT2D eigenvalue weighted by Crippen LogP contribution is 2.17. The predicted octanol–water partition coefficient (Wildman–Crippen LogP) is 0.322. The summed E-state index contributed by atoms with van der Waals surface area (Å²) in [5.41, 5.74) is 0.752. The van der Waals surface area contributed by atoms with E-state index >= 15 is 0 Å². The molecule has 4 unspecified atom stereocenters. The van der Waals surface area contributed by atoms with Crippen molar-refractivity contribution in [2.75, 3.05) is 6.54 Å². The van der Waals surface area contributed by atoms with Crippen molar-refractivity contribution in [1.82, 2.24) is 0 Å². The van der Waals surface area contributed by atoms with E-state index in [4.69, 9.17) is 0 Å². The number of rotatable bonds is 8. The fourth-order valence-corrected chi connectivity index (χ4v) is 2.63. The fourth-order valence-electron chi connectivity index (χ4n) is 2.63. The first kappa shape index (κ1) is 16.6. The highest BCUT2D eigenvalue weighted by atomic mass is 16.4. The minimum absolute atomic E-state index is 0.131. The predicted molar refractivity (Wildman–Crippen MR) is 75.7 cm³/mol. The molecule has 0 saturated heterocycles. The Kier molecular flexibility index (Phi) is 7.61. The minimum Gasteiger partial charge on any atom is -0.387 e. The second-order valence-electron chi connectivity index (χ2n) is 5.71. The third-order valence-corrected chi connectivity index (χ3v) is 3.99. The van der Waals surface area contributed by atoms with Gasteiger partial charge in [-0.2, -0.15) is 0 Å². The maximum absolute atomic E-state index is 9.91. The van der Waals surface area contributed by atoms with Crippen LogP contribution in [-0.4, -0.2) is 46.2 Å². The van der Waals surface area contributed by atoms with Crippen molar-refractivity contribution < 1.29 is 20.6 Å². The molecular formula is C15H30NO3+. The Labute approximate surface area is 116 Å². The number of aliphatic hydroxyl groups excluding tert-OH is 3. The molecule has 1 rings (SSSR count). The van der Waals surface area contributed by atoms with Crippen molar-refractivity contribution in [3.8, 4) is 0 Å². The van der Waals surface area contributed by atoms with Gasteiger partial charge in [-0.15, -0.1) is 0 Å². The van der Waals surface area contributed by atoms with Gasteiger partial charge in [-0.3, -0.25) is 0 Å². The Morgan fingerprint density at radius 3 is 2.32 bits per heavy atom. The van der Waals surface area contributed by atoms with Gasteiger partial charge >= 0.3 is 0 Å². The van der Waals surface area contributed by atoms with Gasteiger partial charge in [-0.05, 0) is 31.4 Å². The second-order valence-corrected chi connectivity index (χ2v) is 5.71. The highest BCUT2D eigenvalue weighted by Gasteiger charge is 2.37. The summed E-state index contributed by atoms with van der Waals surface area (Å²) < 4.78 is 0. The normalized spacial score (nSPS) is 31.3. The lowest BCUT2D eigenvalue weighted by atomic mass is 9.89. The van der Waals surface area contributed by atoms with Gasteiger partial charge in [0, 0.05) is 0 Å². The molecule has 112 valence electrons. The quantitative estimate of drug-likeness (QED) is 0.380. The molecule has 0 aromatic carbocycles. The van der Waals surface area contributed by atoms with E-state index in [0.29, 0.717) is 0 Å². The lowest BCUT2D eigenvalue weighted by Gasteiger charge is -2.32. The molecule has 5 N–H and O–H groups in total. The molecule has 1 aliphatic rings. The third-order valence-electron chi connectivity index (χ3n) is 3.99. The average Bonchev–Trinajstić information content (AvgIpc) is 2.41. The molecule has 0 amide bonds. The number of nitrogens with two attached hydrogens (primary N) is 1. The lowest BCUT2D eigenvalue weighted by Crippen LogP contribution is -2.93. The zero-order chi connectivity index (χ0) is 14.3. The van der Waals surface area contributed by atoms with Crippen molar-refractivity contribution in [3.63, 3.8) is 0 Å². The van der Waals surface area contributed by atoms with Crippen LogP contribution in [0.1, 0.15) is 52.4 Å². The van der Waals surface area contributed by atoms with E-state index < -0.39 is 18.3 Å². The summed E-state index contributed by atoms with van der Waals surface area (Å²) in [7, 11) is 0. The summed E-state index contributed by atoms with van der Waals surface area (Å²) in [6.45, 7) is 4.97. The van der Waals surface area contributed by atoms with Gasteiger partial charge in [-0.25, -0.2) is 0 Å². The van der Waals surface area contributed by atoms with E-state index in [9.17, 15) is 15.3 Å². The Morgan fingerprint density at radius 1 is 1.00 bits per heavy atom. The Bertz CT molecular complexity index is 281. The summed E-state index contributed by atoms with van der Waals surface area (Å²) in [5.74, 6) is 0. The number of aliphatic hydroxyl groups is 3. The van der Waals surface area contributed by atoms with Crippen molar-refractivity contribution in [2.45, 2.75) is 76.7 Å². The van der Waals surface area contributed by atoms with Gasteiger partial charge < -0.3 is 20.6 Å². The maximum atomic E-state index is 9.91. The minimum atomic E-state index is -1.06. The Morgan fingerprint density at radius 2 is 1.63 bits per heavy atom. The lowest BCUT2D eigenvalue weighted by molar-refractivity contribution is -0.688. The smallest absolute Gasteiger partial charge is 0.138 e. The molecule has 1 aliphatic carbocycles. The molecule has 0 aromatic rings. The summed E-state index contributed by atoms with van der Waals surface area (Å²) in [6, 6.07) is -0.131. The molecule has 0 radical (unpaired) electrons. The topological polar surface area (TPSA) is 77.3 Å². The number of unbranched alkanes of at least 4 members (excludes halogenated alkanes) is 5. The van der Waals surface area contributed by atoms with Crippen LogP contribution in [0.5, 0.6) is 0 Å². The van der Waals surface area contributed by atoms with Crippen molar-refractivity contribution in [2.24, 2.45) is 0 Å². The van der Waals surface area contributed by atoms with Crippen molar-refractivity contribution in [1.29, 1.82) is 0 Å². The van der Waals surface area contributed by atoms with Gasteiger partial charge in [0.2, 0.25) is 0 Å². The molecular weight excluding hydrogens is 242 g/mol. The molecule has 4 nitrogen and oxygen atoms in total. The van der Waals surface area contributed by atoms with Crippen LogP contribution in [0.25, 0.3) is 0 Å². The van der Waals surface area contributed by atoms with E-state index in [-0.39, 0.29) is 6.04 Å². The Balaban J connectivity index is 2.22. The van der Waals surface area contributed by atoms with Crippen LogP contribution in [0.2, 0.25) is 0 Å². The van der Waals surface area contributed by atoms with Crippen LogP contribution in [0.3, 0.4) is 0 Å². The van der Waals surface area contributed by atoms with Crippen LogP contribution in [0, 0.1) is 0 Å². The van der Waals surface area contributed by atoms with E-state index in [2.05, 4.69) is 12.2 Å². The molecule has 0 bridgehead atoms. The molecule has 0 heterocycles. The largest absolute Gasteiger partial charge is 0.387 e. The second kappa shape index (κ2) is 8.69. The van der Waals surface area contributed by atoms with E-state index in [1.54, 1.807) is 6.92 Å². The number of hydrogen-bond donors (Lipinski definition) is 4. The Hall–Kier alpha value is -0.420. The van der Waals surface area contributed by atoms with Crippen LogP contribution in [-0.2, 0) is 0 Å². The molecule has 0 spiro atoms. The molecule has 0 saturated carbocycles. The highest BCUT2D eigenvalue weighted by molar-refractivity contribution is 5.16. The van der Waals surface area contributed by atoms with E-state index in [0.717, 1.165) is 18.5 Å². The standard InChI is InChI=1S/C15H29NO3/c1-3-4-5-6-7-8-9-16-12-10-11(2)13(17)15(19)14(12)18/h10,12-19H,3-9H2,1-2H3/p+1. The van der Waals surface area contributed by atoms with Gasteiger partial charge in [0.15, 0.2) is 0 Å². The monoisotopic (exact) mass is 272 g/mol. The number of quaternary nitrogens is 1. The summed E-state index contributed by atoms with van der Waals surface area (Å²) in [6.07, 6.45) is 6.56. The van der Waals surface area contributed by atoms with E-state index in [1.165, 1.54) is 32.1 Å². The summed E-state index contributed by atoms with van der Waals surface area (Å²) >= 11 is 0. The molecule has 0 aromatic heterocycles. The van der Waals surface area contributed by atoms with Gasteiger partial charge in [0.25, 0.3) is 0 Å². The van der Waals surface area contributed by atoms with Crippen LogP contribution in [0.15, 0.2) is 11.6 Å². The van der Waals surface area contributed by atoms with E-state index in [1.807, 2.05) is 6.08 Å². The molecule has 4 heteroatoms. The van der Waals surface area contributed by atoms with Gasteiger partial charge in [0.05, 0.1) is 6.54 Å². The third kappa shape index (κ3) is 5.22. The maximum Gasteiger partial charge on any atom is 0.138 e. The SMILES string of the molecule is CCCCCCCC[NH2+]C1C=C(C)C(O)C(O)C1O. The summed E-state index contributed by atoms with van der Waals surface area (Å²) in [5, 5.41) is 31.3. The summed E-state index contributed by atoms with van der Waals surface area (Å²) in [4.78, 5) is 0. The zero-order valence-electron chi connectivity index (χ0n) is 12.3. The molecule has 4 atom stereocenters. The van der Waals surface area contributed by atoms with Gasteiger partial charge in [0.1, 0.15) is 24.4 Å². The fraction of sp³-hybridized carbons (Fsp3) is 0.867.